The predicted octanol–water partition coefficient (Wildman–Crippen LogP) is 3.96. The highest BCUT2D eigenvalue weighted by Gasteiger charge is 2.19. The maximum Gasteiger partial charge on any atom is -0.0103 e. The molecule has 1 saturated carbocycles. The van der Waals surface area contributed by atoms with Crippen molar-refractivity contribution in [2.75, 3.05) is 0 Å². The fourth-order valence-corrected chi connectivity index (χ4v) is 3.56. The summed E-state index contributed by atoms with van der Waals surface area (Å²) in [6, 6.07) is 15.4. The molecule has 0 nitrogen and oxygen atoms in total. The molecule has 0 aliphatic heterocycles. The van der Waals surface area contributed by atoms with E-state index in [1.54, 1.807) is 0 Å². The van der Waals surface area contributed by atoms with E-state index in [-0.39, 0.29) is 0 Å². The summed E-state index contributed by atoms with van der Waals surface area (Å²) in [5.74, 6) is 0. The molecule has 3 rings (SSSR count). The lowest BCUT2D eigenvalue weighted by atomic mass is 10.00. The fraction of sp³-hybridized carbons (Fsp3) is 0.286. The van der Waals surface area contributed by atoms with Crippen LogP contribution in [-0.4, -0.2) is 5.66 Å². The number of benzene rings is 2. The third kappa shape index (κ3) is 1.79. The van der Waals surface area contributed by atoms with Gasteiger partial charge in [-0.1, -0.05) is 48.9 Å². The SMILES string of the molecule is c1ccc2c([P]C3CCC3)cccc2c1. The molecule has 0 bridgehead atoms. The quantitative estimate of drug-likeness (QED) is 0.662. The normalized spacial score (nSPS) is 17.3. The van der Waals surface area contributed by atoms with E-state index in [0.717, 1.165) is 5.66 Å². The smallest absolute Gasteiger partial charge is 0.0103 e. The van der Waals surface area contributed by atoms with Gasteiger partial charge in [-0.15, -0.1) is 0 Å². The molecular formula is C14H14P. The molecule has 0 N–H and O–H groups in total. The van der Waals surface area contributed by atoms with Crippen molar-refractivity contribution in [3.8, 4) is 0 Å². The first-order chi connectivity index (χ1) is 7.43. The van der Waals surface area contributed by atoms with Gasteiger partial charge in [0.2, 0.25) is 0 Å². The molecule has 1 heteroatoms. The van der Waals surface area contributed by atoms with Crippen LogP contribution in [0, 0.1) is 0 Å². The van der Waals surface area contributed by atoms with Crippen molar-refractivity contribution in [2.24, 2.45) is 0 Å². The minimum Gasteiger partial charge on any atom is -0.0616 e. The molecule has 1 fully saturated rings. The number of hydrogen-bond donors (Lipinski definition) is 0. The average molecular weight is 213 g/mol. The maximum absolute atomic E-state index is 2.28. The summed E-state index contributed by atoms with van der Waals surface area (Å²) >= 11 is 0. The minimum absolute atomic E-state index is 0.927. The Labute approximate surface area is 92.5 Å². The van der Waals surface area contributed by atoms with Gasteiger partial charge in [0, 0.05) is 0 Å². The Bertz CT molecular complexity index is 466. The lowest BCUT2D eigenvalue weighted by Gasteiger charge is -2.24. The average Bonchev–Trinajstić information content (AvgIpc) is 2.23. The Kier molecular flexibility index (Phi) is 2.46. The second-order valence-corrected chi connectivity index (χ2v) is 5.68. The van der Waals surface area contributed by atoms with Gasteiger partial charge >= 0.3 is 0 Å². The van der Waals surface area contributed by atoms with Crippen LogP contribution in [-0.2, 0) is 0 Å². The zero-order chi connectivity index (χ0) is 10.1. The molecular weight excluding hydrogens is 199 g/mol. The Morgan fingerprint density at radius 2 is 1.73 bits per heavy atom. The Balaban J connectivity index is 2.01. The molecule has 15 heavy (non-hydrogen) atoms. The van der Waals surface area contributed by atoms with Gasteiger partial charge in [-0.25, -0.2) is 0 Å². The minimum atomic E-state index is 0.927. The van der Waals surface area contributed by atoms with Crippen LogP contribution >= 0.6 is 8.58 Å². The zero-order valence-corrected chi connectivity index (χ0v) is 9.58. The second-order valence-electron chi connectivity index (χ2n) is 4.21. The maximum atomic E-state index is 2.28. The molecule has 1 radical (unpaired) electrons. The molecule has 0 atom stereocenters. The van der Waals surface area contributed by atoms with Crippen LogP contribution in [0.15, 0.2) is 42.5 Å². The van der Waals surface area contributed by atoms with Crippen molar-refractivity contribution in [1.82, 2.24) is 0 Å². The Hall–Kier alpha value is -0.870. The molecule has 0 aromatic heterocycles. The van der Waals surface area contributed by atoms with Gasteiger partial charge in [-0.2, -0.15) is 0 Å². The first-order valence-electron chi connectivity index (χ1n) is 5.62. The van der Waals surface area contributed by atoms with E-state index in [2.05, 4.69) is 42.5 Å². The molecule has 0 unspecified atom stereocenters. The Morgan fingerprint density at radius 3 is 2.53 bits per heavy atom. The monoisotopic (exact) mass is 213 g/mol. The highest BCUT2D eigenvalue weighted by molar-refractivity contribution is 7.48. The third-order valence-electron chi connectivity index (χ3n) is 3.16. The summed E-state index contributed by atoms with van der Waals surface area (Å²) in [5.41, 5.74) is 0.927. The first-order valence-corrected chi connectivity index (χ1v) is 6.58. The van der Waals surface area contributed by atoms with Crippen LogP contribution in [0.1, 0.15) is 19.3 Å². The van der Waals surface area contributed by atoms with E-state index in [1.807, 2.05) is 0 Å². The van der Waals surface area contributed by atoms with Crippen molar-refractivity contribution < 1.29 is 0 Å². The van der Waals surface area contributed by atoms with Crippen LogP contribution < -0.4 is 5.30 Å². The summed E-state index contributed by atoms with van der Waals surface area (Å²) < 4.78 is 0. The van der Waals surface area contributed by atoms with Crippen LogP contribution in [0.3, 0.4) is 0 Å². The topological polar surface area (TPSA) is 0 Å². The summed E-state index contributed by atoms with van der Waals surface area (Å²) in [6.45, 7) is 0. The largest absolute Gasteiger partial charge is 0.0616 e. The number of fused-ring (bicyclic) bond motifs is 1. The lowest BCUT2D eigenvalue weighted by molar-refractivity contribution is 0.520. The van der Waals surface area contributed by atoms with E-state index < -0.39 is 0 Å². The van der Waals surface area contributed by atoms with Crippen molar-refractivity contribution in [2.45, 2.75) is 24.9 Å². The van der Waals surface area contributed by atoms with E-state index in [4.69, 9.17) is 0 Å². The molecule has 1 aliphatic rings. The molecule has 0 heterocycles. The molecule has 75 valence electrons. The van der Waals surface area contributed by atoms with E-state index in [9.17, 15) is 0 Å². The summed E-state index contributed by atoms with van der Waals surface area (Å²) in [6.07, 6.45) is 4.28. The molecule has 0 saturated heterocycles. The molecule has 0 amide bonds. The summed E-state index contributed by atoms with van der Waals surface area (Å²) in [4.78, 5) is 0. The van der Waals surface area contributed by atoms with Crippen molar-refractivity contribution in [3.05, 3.63) is 42.5 Å². The van der Waals surface area contributed by atoms with Crippen LogP contribution in [0.2, 0.25) is 0 Å². The van der Waals surface area contributed by atoms with Gasteiger partial charge in [0.05, 0.1) is 0 Å². The highest BCUT2D eigenvalue weighted by atomic mass is 31.1. The van der Waals surface area contributed by atoms with E-state index in [0.29, 0.717) is 0 Å². The summed E-state index contributed by atoms with van der Waals surface area (Å²) in [5, 5.41) is 4.33. The number of hydrogen-bond acceptors (Lipinski definition) is 0. The van der Waals surface area contributed by atoms with Gasteiger partial charge in [-0.05, 0) is 43.2 Å². The van der Waals surface area contributed by atoms with Crippen LogP contribution in [0.5, 0.6) is 0 Å². The van der Waals surface area contributed by atoms with Gasteiger partial charge < -0.3 is 0 Å². The highest BCUT2D eigenvalue weighted by Crippen LogP contribution is 2.36. The predicted molar refractivity (Wildman–Crippen MR) is 68.1 cm³/mol. The zero-order valence-electron chi connectivity index (χ0n) is 8.69. The molecule has 2 aromatic carbocycles. The van der Waals surface area contributed by atoms with Gasteiger partial charge in [0.15, 0.2) is 0 Å². The Morgan fingerprint density at radius 1 is 0.933 bits per heavy atom. The first kappa shape index (κ1) is 9.36. The van der Waals surface area contributed by atoms with E-state index >= 15 is 0 Å². The van der Waals surface area contributed by atoms with Crippen molar-refractivity contribution >= 4 is 24.7 Å². The van der Waals surface area contributed by atoms with Crippen molar-refractivity contribution in [1.29, 1.82) is 0 Å². The molecule has 2 aromatic rings. The van der Waals surface area contributed by atoms with Gasteiger partial charge in [0.1, 0.15) is 0 Å². The lowest BCUT2D eigenvalue weighted by Crippen LogP contribution is -2.15. The molecule has 0 spiro atoms. The third-order valence-corrected chi connectivity index (χ3v) is 4.71. The van der Waals surface area contributed by atoms with Crippen LogP contribution in [0.25, 0.3) is 10.8 Å². The van der Waals surface area contributed by atoms with Crippen molar-refractivity contribution in [3.63, 3.8) is 0 Å². The summed E-state index contributed by atoms with van der Waals surface area (Å²) in [7, 11) is 1.54. The van der Waals surface area contributed by atoms with Crippen LogP contribution in [0.4, 0.5) is 0 Å². The van der Waals surface area contributed by atoms with Gasteiger partial charge in [0.25, 0.3) is 0 Å². The number of rotatable bonds is 2. The van der Waals surface area contributed by atoms with E-state index in [1.165, 1.54) is 43.9 Å². The fourth-order valence-electron chi connectivity index (χ4n) is 2.03. The standard InChI is InChI=1S/C14H14P/c1-2-9-13-11(5-1)6-3-10-14(13)15-12-7-4-8-12/h1-3,5-6,9-10,12H,4,7-8H2. The molecule has 1 aliphatic carbocycles. The van der Waals surface area contributed by atoms with Gasteiger partial charge in [-0.3, -0.25) is 0 Å². The second kappa shape index (κ2) is 3.94.